The zero-order valence-corrected chi connectivity index (χ0v) is 13.9. The lowest BCUT2D eigenvalue weighted by atomic mass is 10.2. The molecule has 2 aromatic carbocycles. The van der Waals surface area contributed by atoms with Crippen molar-refractivity contribution in [3.8, 4) is 0 Å². The summed E-state index contributed by atoms with van der Waals surface area (Å²) in [5, 5.41) is 0. The van der Waals surface area contributed by atoms with E-state index in [9.17, 15) is 8.42 Å². The van der Waals surface area contributed by atoms with E-state index in [0.717, 1.165) is 5.56 Å². The van der Waals surface area contributed by atoms with Crippen LogP contribution < -0.4 is 4.72 Å². The number of rotatable bonds is 6. The molecule has 0 atom stereocenters. The minimum absolute atomic E-state index is 0.205. The van der Waals surface area contributed by atoms with E-state index >= 15 is 0 Å². The highest BCUT2D eigenvalue weighted by molar-refractivity contribution is 9.10. The summed E-state index contributed by atoms with van der Waals surface area (Å²) >= 11 is 3.26. The molecule has 0 unspecified atom stereocenters. The van der Waals surface area contributed by atoms with Crippen LogP contribution in [-0.2, 0) is 21.4 Å². The van der Waals surface area contributed by atoms with Crippen molar-refractivity contribution in [2.45, 2.75) is 18.4 Å². The molecule has 0 aliphatic heterocycles. The molecular weight excluding hydrogens is 354 g/mol. The maximum absolute atomic E-state index is 12.5. The molecule has 0 fully saturated rings. The van der Waals surface area contributed by atoms with Crippen molar-refractivity contribution in [2.75, 3.05) is 11.3 Å². The number of halogens is 1. The highest BCUT2D eigenvalue weighted by atomic mass is 79.9. The molecule has 0 aliphatic rings. The van der Waals surface area contributed by atoms with Crippen LogP contribution in [0.25, 0.3) is 0 Å². The molecule has 6 heteroatoms. The summed E-state index contributed by atoms with van der Waals surface area (Å²) in [6.07, 6.45) is 0. The van der Waals surface area contributed by atoms with Gasteiger partial charge in [0.05, 0.1) is 12.3 Å². The first-order valence-corrected chi connectivity index (χ1v) is 8.75. The second kappa shape index (κ2) is 7.06. The number of nitrogens with one attached hydrogen (secondary N) is 1. The van der Waals surface area contributed by atoms with Crippen molar-refractivity contribution in [1.82, 2.24) is 0 Å². The standard InChI is InChI=1S/C15H16BrNO3S/c1-2-20-11-12-7-3-5-9-14(12)17-21(18,19)15-10-6-4-8-13(15)16/h3-10,17H,2,11H2,1H3. The second-order valence-corrected chi connectivity index (χ2v) is 6.84. The lowest BCUT2D eigenvalue weighted by molar-refractivity contribution is 0.134. The quantitative estimate of drug-likeness (QED) is 0.842. The Morgan fingerprint density at radius 1 is 1.10 bits per heavy atom. The molecule has 0 bridgehead atoms. The van der Waals surface area contributed by atoms with Crippen LogP contribution in [0.3, 0.4) is 0 Å². The monoisotopic (exact) mass is 369 g/mol. The number of anilines is 1. The Morgan fingerprint density at radius 2 is 1.76 bits per heavy atom. The Bertz CT molecular complexity index is 716. The van der Waals surface area contributed by atoms with Crippen LogP contribution >= 0.6 is 15.9 Å². The fourth-order valence-electron chi connectivity index (χ4n) is 1.82. The Balaban J connectivity index is 2.31. The van der Waals surface area contributed by atoms with Crippen LogP contribution in [-0.4, -0.2) is 15.0 Å². The molecule has 0 spiro atoms. The Kier molecular flexibility index (Phi) is 5.39. The van der Waals surface area contributed by atoms with E-state index < -0.39 is 10.0 Å². The molecule has 0 saturated carbocycles. The molecule has 1 N–H and O–H groups in total. The van der Waals surface area contributed by atoms with Gasteiger partial charge in [-0.1, -0.05) is 30.3 Å². The topological polar surface area (TPSA) is 55.4 Å². The maximum atomic E-state index is 12.5. The van der Waals surface area contributed by atoms with Gasteiger partial charge in [0.2, 0.25) is 0 Å². The van der Waals surface area contributed by atoms with E-state index in [1.165, 1.54) is 0 Å². The molecule has 4 nitrogen and oxygen atoms in total. The minimum atomic E-state index is -3.64. The average Bonchev–Trinajstić information content (AvgIpc) is 2.46. The van der Waals surface area contributed by atoms with Gasteiger partial charge in [0.15, 0.2) is 0 Å². The Morgan fingerprint density at radius 3 is 2.48 bits per heavy atom. The third kappa shape index (κ3) is 4.06. The summed E-state index contributed by atoms with van der Waals surface area (Å²) in [6.45, 7) is 2.84. The molecular formula is C15H16BrNO3S. The van der Waals surface area contributed by atoms with Crippen LogP contribution in [0.2, 0.25) is 0 Å². The van der Waals surface area contributed by atoms with Gasteiger partial charge in [-0.2, -0.15) is 0 Å². The van der Waals surface area contributed by atoms with Crippen LogP contribution in [0.5, 0.6) is 0 Å². The SMILES string of the molecule is CCOCc1ccccc1NS(=O)(=O)c1ccccc1Br. The number of ether oxygens (including phenoxy) is 1. The van der Waals surface area contributed by atoms with Gasteiger partial charge in [0, 0.05) is 16.6 Å². The fourth-order valence-corrected chi connectivity index (χ4v) is 3.93. The normalized spacial score (nSPS) is 11.3. The molecule has 0 amide bonds. The van der Waals surface area contributed by atoms with Crippen molar-refractivity contribution in [3.63, 3.8) is 0 Å². The zero-order chi connectivity index (χ0) is 15.3. The number of para-hydroxylation sites is 1. The summed E-state index contributed by atoms with van der Waals surface area (Å²) in [5.74, 6) is 0. The van der Waals surface area contributed by atoms with Crippen LogP contribution in [0, 0.1) is 0 Å². The Hall–Kier alpha value is -1.37. The number of benzene rings is 2. The number of hydrogen-bond donors (Lipinski definition) is 1. The van der Waals surface area contributed by atoms with Gasteiger partial charge >= 0.3 is 0 Å². The molecule has 0 aliphatic carbocycles. The smallest absolute Gasteiger partial charge is 0.263 e. The van der Waals surface area contributed by atoms with E-state index in [0.29, 0.717) is 23.4 Å². The van der Waals surface area contributed by atoms with Crippen molar-refractivity contribution in [2.24, 2.45) is 0 Å². The predicted octanol–water partition coefficient (Wildman–Crippen LogP) is 3.79. The molecule has 2 aromatic rings. The van der Waals surface area contributed by atoms with Crippen molar-refractivity contribution < 1.29 is 13.2 Å². The van der Waals surface area contributed by atoms with Gasteiger partial charge in [-0.15, -0.1) is 0 Å². The van der Waals surface area contributed by atoms with E-state index in [2.05, 4.69) is 20.7 Å². The first-order valence-electron chi connectivity index (χ1n) is 6.47. The van der Waals surface area contributed by atoms with Gasteiger partial charge in [0.1, 0.15) is 4.90 Å². The lowest BCUT2D eigenvalue weighted by Gasteiger charge is -2.13. The number of sulfonamides is 1. The third-order valence-electron chi connectivity index (χ3n) is 2.85. The van der Waals surface area contributed by atoms with Crippen molar-refractivity contribution in [3.05, 3.63) is 58.6 Å². The van der Waals surface area contributed by atoms with Crippen molar-refractivity contribution in [1.29, 1.82) is 0 Å². The number of hydrogen-bond acceptors (Lipinski definition) is 3. The summed E-state index contributed by atoms with van der Waals surface area (Å²) in [5.41, 5.74) is 1.33. The van der Waals surface area contributed by atoms with Gasteiger partial charge in [-0.3, -0.25) is 4.72 Å². The largest absolute Gasteiger partial charge is 0.377 e. The zero-order valence-electron chi connectivity index (χ0n) is 11.5. The van der Waals surface area contributed by atoms with E-state index in [4.69, 9.17) is 4.74 Å². The molecule has 0 aromatic heterocycles. The van der Waals surface area contributed by atoms with E-state index in [1.807, 2.05) is 19.1 Å². The first-order chi connectivity index (χ1) is 10.0. The fraction of sp³-hybridized carbons (Fsp3) is 0.200. The highest BCUT2D eigenvalue weighted by Crippen LogP contribution is 2.25. The van der Waals surface area contributed by atoms with Gasteiger partial charge in [-0.25, -0.2) is 8.42 Å². The van der Waals surface area contributed by atoms with Gasteiger partial charge < -0.3 is 4.74 Å². The molecule has 0 heterocycles. The molecule has 2 rings (SSSR count). The van der Waals surface area contributed by atoms with Gasteiger partial charge in [0.25, 0.3) is 10.0 Å². The lowest BCUT2D eigenvalue weighted by Crippen LogP contribution is -2.15. The van der Waals surface area contributed by atoms with Crippen LogP contribution in [0.4, 0.5) is 5.69 Å². The van der Waals surface area contributed by atoms with Crippen LogP contribution in [0.1, 0.15) is 12.5 Å². The Labute approximate surface area is 133 Å². The van der Waals surface area contributed by atoms with E-state index in [1.54, 1.807) is 36.4 Å². The summed E-state index contributed by atoms with van der Waals surface area (Å²) in [4.78, 5) is 0.205. The summed E-state index contributed by atoms with van der Waals surface area (Å²) in [6, 6.07) is 13.9. The van der Waals surface area contributed by atoms with Gasteiger partial charge in [-0.05, 0) is 41.1 Å². The first kappa shape index (κ1) is 16.0. The summed E-state index contributed by atoms with van der Waals surface area (Å²) in [7, 11) is -3.64. The minimum Gasteiger partial charge on any atom is -0.377 e. The third-order valence-corrected chi connectivity index (χ3v) is 5.23. The van der Waals surface area contributed by atoms with Crippen LogP contribution in [0.15, 0.2) is 57.9 Å². The summed E-state index contributed by atoms with van der Waals surface area (Å²) < 4.78 is 33.4. The highest BCUT2D eigenvalue weighted by Gasteiger charge is 2.18. The van der Waals surface area contributed by atoms with Crippen molar-refractivity contribution >= 4 is 31.6 Å². The molecule has 21 heavy (non-hydrogen) atoms. The molecule has 0 radical (unpaired) electrons. The predicted molar refractivity (Wildman–Crippen MR) is 86.7 cm³/mol. The molecule has 112 valence electrons. The maximum Gasteiger partial charge on any atom is 0.263 e. The second-order valence-electron chi connectivity index (χ2n) is 4.33. The van der Waals surface area contributed by atoms with E-state index in [-0.39, 0.29) is 4.90 Å². The average molecular weight is 370 g/mol. The molecule has 0 saturated heterocycles.